The van der Waals surface area contributed by atoms with Gasteiger partial charge < -0.3 is 9.47 Å². The SMILES string of the molecule is COc1cccc([C@H](C)N2CCC[C@@H](CN3CCOCC3)C2)c1. The Morgan fingerprint density at radius 3 is 2.87 bits per heavy atom. The lowest BCUT2D eigenvalue weighted by atomic mass is 9.94. The lowest BCUT2D eigenvalue weighted by molar-refractivity contribution is 0.0200. The maximum Gasteiger partial charge on any atom is 0.119 e. The zero-order valence-electron chi connectivity index (χ0n) is 14.5. The normalized spacial score (nSPS) is 25.2. The Morgan fingerprint density at radius 1 is 1.26 bits per heavy atom. The molecule has 0 saturated carbocycles. The van der Waals surface area contributed by atoms with E-state index in [1.807, 2.05) is 6.07 Å². The van der Waals surface area contributed by atoms with Crippen LogP contribution in [0.25, 0.3) is 0 Å². The molecule has 0 bridgehead atoms. The maximum absolute atomic E-state index is 5.46. The highest BCUT2D eigenvalue weighted by atomic mass is 16.5. The van der Waals surface area contributed by atoms with Crippen molar-refractivity contribution in [3.63, 3.8) is 0 Å². The first kappa shape index (κ1) is 16.7. The fourth-order valence-corrected chi connectivity index (χ4v) is 3.86. The second-order valence-corrected chi connectivity index (χ2v) is 6.87. The van der Waals surface area contributed by atoms with E-state index in [1.165, 1.54) is 38.0 Å². The van der Waals surface area contributed by atoms with E-state index < -0.39 is 0 Å². The van der Waals surface area contributed by atoms with Crippen LogP contribution in [0.2, 0.25) is 0 Å². The molecule has 0 radical (unpaired) electrons. The molecule has 3 rings (SSSR count). The minimum atomic E-state index is 0.456. The highest BCUT2D eigenvalue weighted by Gasteiger charge is 2.26. The van der Waals surface area contributed by atoms with Crippen molar-refractivity contribution in [2.45, 2.75) is 25.8 Å². The smallest absolute Gasteiger partial charge is 0.119 e. The number of piperidine rings is 1. The fourth-order valence-electron chi connectivity index (χ4n) is 3.86. The van der Waals surface area contributed by atoms with Crippen molar-refractivity contribution in [3.8, 4) is 5.75 Å². The van der Waals surface area contributed by atoms with Gasteiger partial charge in [0.2, 0.25) is 0 Å². The molecule has 2 aliphatic heterocycles. The van der Waals surface area contributed by atoms with Crippen LogP contribution in [-0.4, -0.2) is 62.8 Å². The first-order valence-electron chi connectivity index (χ1n) is 8.94. The third-order valence-electron chi connectivity index (χ3n) is 5.29. The number of ether oxygens (including phenoxy) is 2. The maximum atomic E-state index is 5.46. The van der Waals surface area contributed by atoms with Crippen LogP contribution in [0.1, 0.15) is 31.4 Å². The lowest BCUT2D eigenvalue weighted by Gasteiger charge is -2.39. The molecule has 0 spiro atoms. The summed E-state index contributed by atoms with van der Waals surface area (Å²) in [5, 5.41) is 0. The summed E-state index contributed by atoms with van der Waals surface area (Å²) in [6, 6.07) is 8.97. The van der Waals surface area contributed by atoms with E-state index in [-0.39, 0.29) is 0 Å². The molecule has 2 fully saturated rings. The summed E-state index contributed by atoms with van der Waals surface area (Å²) in [5.41, 5.74) is 1.36. The molecule has 2 saturated heterocycles. The molecular formula is C19H30N2O2. The van der Waals surface area contributed by atoms with Crippen LogP contribution in [-0.2, 0) is 4.74 Å². The van der Waals surface area contributed by atoms with Gasteiger partial charge in [-0.2, -0.15) is 0 Å². The molecule has 0 unspecified atom stereocenters. The van der Waals surface area contributed by atoms with Gasteiger partial charge in [0.25, 0.3) is 0 Å². The monoisotopic (exact) mass is 318 g/mol. The molecular weight excluding hydrogens is 288 g/mol. The van der Waals surface area contributed by atoms with Crippen LogP contribution < -0.4 is 4.74 Å². The minimum absolute atomic E-state index is 0.456. The second kappa shape index (κ2) is 8.13. The molecule has 2 aliphatic rings. The minimum Gasteiger partial charge on any atom is -0.497 e. The standard InChI is InChI=1S/C19H30N2O2/c1-16(18-6-3-7-19(13-18)22-2)21-8-4-5-17(15-21)14-20-9-11-23-12-10-20/h3,6-7,13,16-17H,4-5,8-12,14-15H2,1-2H3/t16-,17-/m0/s1. The lowest BCUT2D eigenvalue weighted by Crippen LogP contribution is -2.45. The van der Waals surface area contributed by atoms with Gasteiger partial charge >= 0.3 is 0 Å². The van der Waals surface area contributed by atoms with Crippen molar-refractivity contribution < 1.29 is 9.47 Å². The van der Waals surface area contributed by atoms with Gasteiger partial charge in [-0.15, -0.1) is 0 Å². The molecule has 0 aliphatic carbocycles. The van der Waals surface area contributed by atoms with E-state index in [4.69, 9.17) is 9.47 Å². The Labute approximate surface area is 140 Å². The van der Waals surface area contributed by atoms with Crippen LogP contribution >= 0.6 is 0 Å². The Morgan fingerprint density at radius 2 is 2.09 bits per heavy atom. The van der Waals surface area contributed by atoms with E-state index in [0.717, 1.165) is 38.0 Å². The van der Waals surface area contributed by atoms with Crippen LogP contribution in [0.4, 0.5) is 0 Å². The summed E-state index contributed by atoms with van der Waals surface area (Å²) in [6.07, 6.45) is 2.67. The predicted molar refractivity (Wildman–Crippen MR) is 93.0 cm³/mol. The van der Waals surface area contributed by atoms with Gasteiger partial charge in [0.1, 0.15) is 5.75 Å². The Hall–Kier alpha value is -1.10. The van der Waals surface area contributed by atoms with E-state index in [1.54, 1.807) is 7.11 Å². The first-order valence-corrected chi connectivity index (χ1v) is 8.94. The topological polar surface area (TPSA) is 24.9 Å². The third kappa shape index (κ3) is 4.46. The molecule has 2 atom stereocenters. The number of rotatable bonds is 5. The van der Waals surface area contributed by atoms with Gasteiger partial charge in [0.05, 0.1) is 20.3 Å². The molecule has 128 valence electrons. The highest BCUT2D eigenvalue weighted by molar-refractivity contribution is 5.30. The average Bonchev–Trinajstić information content (AvgIpc) is 2.62. The number of nitrogens with zero attached hydrogens (tertiary/aromatic N) is 2. The second-order valence-electron chi connectivity index (χ2n) is 6.87. The van der Waals surface area contributed by atoms with Crippen LogP contribution in [0.15, 0.2) is 24.3 Å². The van der Waals surface area contributed by atoms with Gasteiger partial charge in [0.15, 0.2) is 0 Å². The molecule has 0 N–H and O–H groups in total. The molecule has 0 amide bonds. The summed E-state index contributed by atoms with van der Waals surface area (Å²) in [6.45, 7) is 9.96. The zero-order valence-corrected chi connectivity index (χ0v) is 14.5. The van der Waals surface area contributed by atoms with E-state index in [0.29, 0.717) is 6.04 Å². The number of hydrogen-bond donors (Lipinski definition) is 0. The average molecular weight is 318 g/mol. The number of methoxy groups -OCH3 is 1. The molecule has 23 heavy (non-hydrogen) atoms. The van der Waals surface area contributed by atoms with Crippen LogP contribution in [0, 0.1) is 5.92 Å². The molecule has 1 aromatic carbocycles. The van der Waals surface area contributed by atoms with Gasteiger partial charge in [-0.25, -0.2) is 0 Å². The van der Waals surface area contributed by atoms with Crippen molar-refractivity contribution in [3.05, 3.63) is 29.8 Å². The van der Waals surface area contributed by atoms with Crippen LogP contribution in [0.5, 0.6) is 5.75 Å². The van der Waals surface area contributed by atoms with Crippen molar-refractivity contribution >= 4 is 0 Å². The van der Waals surface area contributed by atoms with E-state index in [2.05, 4.69) is 34.9 Å². The predicted octanol–water partition coefficient (Wildman–Crippen LogP) is 2.80. The third-order valence-corrected chi connectivity index (χ3v) is 5.29. The molecule has 4 nitrogen and oxygen atoms in total. The van der Waals surface area contributed by atoms with Crippen molar-refractivity contribution in [2.24, 2.45) is 5.92 Å². The largest absolute Gasteiger partial charge is 0.497 e. The number of benzene rings is 1. The fraction of sp³-hybridized carbons (Fsp3) is 0.684. The van der Waals surface area contributed by atoms with Crippen LogP contribution in [0.3, 0.4) is 0 Å². The van der Waals surface area contributed by atoms with E-state index in [9.17, 15) is 0 Å². The van der Waals surface area contributed by atoms with E-state index >= 15 is 0 Å². The number of hydrogen-bond acceptors (Lipinski definition) is 4. The Bertz CT molecular complexity index is 488. The highest BCUT2D eigenvalue weighted by Crippen LogP contribution is 2.28. The van der Waals surface area contributed by atoms with Gasteiger partial charge in [-0.05, 0) is 49.9 Å². The molecule has 0 aromatic heterocycles. The van der Waals surface area contributed by atoms with Crippen molar-refractivity contribution in [1.29, 1.82) is 0 Å². The summed E-state index contributed by atoms with van der Waals surface area (Å²) >= 11 is 0. The number of likely N-dealkylation sites (tertiary alicyclic amines) is 1. The summed E-state index contributed by atoms with van der Waals surface area (Å²) < 4.78 is 10.8. The first-order chi connectivity index (χ1) is 11.3. The molecule has 4 heteroatoms. The summed E-state index contributed by atoms with van der Waals surface area (Å²) in [7, 11) is 1.74. The van der Waals surface area contributed by atoms with Gasteiger partial charge in [0, 0.05) is 32.2 Å². The number of morpholine rings is 1. The van der Waals surface area contributed by atoms with Gasteiger partial charge in [-0.3, -0.25) is 9.80 Å². The summed E-state index contributed by atoms with van der Waals surface area (Å²) in [5.74, 6) is 1.74. The zero-order chi connectivity index (χ0) is 16.1. The van der Waals surface area contributed by atoms with Crippen molar-refractivity contribution in [2.75, 3.05) is 53.0 Å². The summed E-state index contributed by atoms with van der Waals surface area (Å²) in [4.78, 5) is 5.22. The Kier molecular flexibility index (Phi) is 5.92. The molecule has 2 heterocycles. The van der Waals surface area contributed by atoms with Crippen molar-refractivity contribution in [1.82, 2.24) is 9.80 Å². The quantitative estimate of drug-likeness (QED) is 0.833. The Balaban J connectivity index is 1.58. The van der Waals surface area contributed by atoms with Gasteiger partial charge in [-0.1, -0.05) is 12.1 Å². The molecule has 1 aromatic rings.